The first-order valence-electron chi connectivity index (χ1n) is 6.29. The molecule has 0 heterocycles. The molecule has 1 unspecified atom stereocenters. The summed E-state index contributed by atoms with van der Waals surface area (Å²) in [4.78, 5) is 0.0761. The minimum atomic E-state index is -3.75. The molecular formula is C13H23N3O2S. The predicted octanol–water partition coefficient (Wildman–Crippen LogP) is 1.93. The van der Waals surface area contributed by atoms with Crippen LogP contribution in [0.15, 0.2) is 17.0 Å². The summed E-state index contributed by atoms with van der Waals surface area (Å²) in [6, 6.07) is 3.12. The second kappa shape index (κ2) is 5.79. The van der Waals surface area contributed by atoms with Crippen LogP contribution in [0.5, 0.6) is 0 Å². The van der Waals surface area contributed by atoms with Crippen molar-refractivity contribution >= 4 is 21.4 Å². The van der Waals surface area contributed by atoms with Crippen molar-refractivity contribution < 1.29 is 8.42 Å². The summed E-state index contributed by atoms with van der Waals surface area (Å²) in [6.45, 7) is 8.91. The molecule has 0 spiro atoms. The van der Waals surface area contributed by atoms with Gasteiger partial charge in [0.05, 0.1) is 4.90 Å². The topological polar surface area (TPSA) is 98.2 Å². The van der Waals surface area contributed by atoms with Gasteiger partial charge in [-0.2, -0.15) is 0 Å². The molecule has 0 radical (unpaired) electrons. The molecule has 0 saturated carbocycles. The van der Waals surface area contributed by atoms with E-state index in [1.807, 2.05) is 0 Å². The van der Waals surface area contributed by atoms with Crippen LogP contribution >= 0.6 is 0 Å². The first kappa shape index (κ1) is 15.8. The summed E-state index contributed by atoms with van der Waals surface area (Å²) in [5, 5.41) is 8.44. The molecule has 0 amide bonds. The zero-order chi connectivity index (χ0) is 14.8. The Hall–Kier alpha value is -1.27. The molecule has 0 saturated heterocycles. The summed E-state index contributed by atoms with van der Waals surface area (Å²) < 4.78 is 23.0. The van der Waals surface area contributed by atoms with Gasteiger partial charge in [-0.25, -0.2) is 13.6 Å². The van der Waals surface area contributed by atoms with Crippen LogP contribution in [0.25, 0.3) is 0 Å². The average molecular weight is 285 g/mol. The lowest BCUT2D eigenvalue weighted by molar-refractivity contribution is 0.439. The number of hydrogen-bond donors (Lipinski definition) is 3. The zero-order valence-corrected chi connectivity index (χ0v) is 12.7. The summed E-state index contributed by atoms with van der Waals surface area (Å²) in [7, 11) is -3.75. The number of sulfonamides is 1. The van der Waals surface area contributed by atoms with Gasteiger partial charge in [-0.05, 0) is 36.5 Å². The van der Waals surface area contributed by atoms with E-state index in [1.54, 1.807) is 13.0 Å². The highest BCUT2D eigenvalue weighted by atomic mass is 32.2. The number of nitrogen functional groups attached to an aromatic ring is 1. The molecule has 1 atom stereocenters. The van der Waals surface area contributed by atoms with Gasteiger partial charge in [0.25, 0.3) is 0 Å². The normalized spacial score (nSPS) is 13.6. The van der Waals surface area contributed by atoms with Crippen molar-refractivity contribution in [1.29, 1.82) is 0 Å². The fourth-order valence-corrected chi connectivity index (χ4v) is 2.53. The lowest BCUT2D eigenvalue weighted by Gasteiger charge is -2.19. The maximum Gasteiger partial charge on any atom is 0.238 e. The Morgan fingerprint density at radius 2 is 1.84 bits per heavy atom. The highest BCUT2D eigenvalue weighted by Crippen LogP contribution is 2.26. The van der Waals surface area contributed by atoms with Crippen molar-refractivity contribution in [2.45, 2.75) is 32.6 Å². The predicted molar refractivity (Wildman–Crippen MR) is 79.5 cm³/mol. The standard InChI is InChI=1S/C13H23N3O2S/c1-8(2)9(3)7-16-12-5-11(14)6-13(10(12)4)19(15,17)18/h5-6,8-9,16H,7,14H2,1-4H3,(H2,15,17,18). The maximum absolute atomic E-state index is 11.5. The highest BCUT2D eigenvalue weighted by Gasteiger charge is 2.16. The second-order valence-electron chi connectivity index (χ2n) is 5.34. The van der Waals surface area contributed by atoms with Gasteiger partial charge in [-0.1, -0.05) is 20.8 Å². The molecule has 1 aromatic carbocycles. The van der Waals surface area contributed by atoms with E-state index < -0.39 is 10.0 Å². The molecule has 0 aromatic heterocycles. The molecule has 19 heavy (non-hydrogen) atoms. The molecule has 5 nitrogen and oxygen atoms in total. The number of benzene rings is 1. The van der Waals surface area contributed by atoms with Gasteiger partial charge in [0.2, 0.25) is 10.0 Å². The maximum atomic E-state index is 11.5. The van der Waals surface area contributed by atoms with E-state index in [-0.39, 0.29) is 4.90 Å². The van der Waals surface area contributed by atoms with Gasteiger partial charge in [-0.3, -0.25) is 0 Å². The van der Waals surface area contributed by atoms with Crippen LogP contribution in [0, 0.1) is 18.8 Å². The van der Waals surface area contributed by atoms with Crippen LogP contribution in [0.3, 0.4) is 0 Å². The molecule has 6 heteroatoms. The third kappa shape index (κ3) is 4.11. The summed E-state index contributed by atoms with van der Waals surface area (Å²) in [5.74, 6) is 1.02. The number of anilines is 2. The van der Waals surface area contributed by atoms with E-state index >= 15 is 0 Å². The van der Waals surface area contributed by atoms with Crippen LogP contribution in [-0.2, 0) is 10.0 Å². The van der Waals surface area contributed by atoms with Crippen molar-refractivity contribution in [2.24, 2.45) is 17.0 Å². The Kier molecular flexibility index (Phi) is 4.81. The minimum Gasteiger partial charge on any atom is -0.399 e. The van der Waals surface area contributed by atoms with Crippen molar-refractivity contribution in [2.75, 3.05) is 17.6 Å². The fourth-order valence-electron chi connectivity index (χ4n) is 1.69. The Morgan fingerprint density at radius 1 is 1.26 bits per heavy atom. The Morgan fingerprint density at radius 3 is 2.32 bits per heavy atom. The molecular weight excluding hydrogens is 262 g/mol. The minimum absolute atomic E-state index is 0.0761. The zero-order valence-electron chi connectivity index (χ0n) is 11.9. The van der Waals surface area contributed by atoms with Gasteiger partial charge >= 0.3 is 0 Å². The number of rotatable bonds is 5. The highest BCUT2D eigenvalue weighted by molar-refractivity contribution is 7.89. The van der Waals surface area contributed by atoms with Crippen molar-refractivity contribution in [1.82, 2.24) is 0 Å². The summed E-state index contributed by atoms with van der Waals surface area (Å²) in [5.41, 5.74) is 7.44. The average Bonchev–Trinajstić information content (AvgIpc) is 2.27. The van der Waals surface area contributed by atoms with E-state index in [0.29, 0.717) is 23.1 Å². The number of nitrogens with two attached hydrogens (primary N) is 2. The van der Waals surface area contributed by atoms with Crippen LogP contribution in [0.4, 0.5) is 11.4 Å². The largest absolute Gasteiger partial charge is 0.399 e. The first-order valence-corrected chi connectivity index (χ1v) is 7.84. The van der Waals surface area contributed by atoms with Crippen LogP contribution in [0.2, 0.25) is 0 Å². The van der Waals surface area contributed by atoms with E-state index in [4.69, 9.17) is 10.9 Å². The fraction of sp³-hybridized carbons (Fsp3) is 0.538. The van der Waals surface area contributed by atoms with Gasteiger partial charge in [0, 0.05) is 17.9 Å². The Bertz CT molecular complexity index is 553. The summed E-state index contributed by atoms with van der Waals surface area (Å²) in [6.07, 6.45) is 0. The number of hydrogen-bond acceptors (Lipinski definition) is 4. The van der Waals surface area contributed by atoms with E-state index in [1.165, 1.54) is 6.07 Å². The van der Waals surface area contributed by atoms with Crippen molar-refractivity contribution in [3.8, 4) is 0 Å². The van der Waals surface area contributed by atoms with Crippen molar-refractivity contribution in [3.63, 3.8) is 0 Å². The molecule has 0 bridgehead atoms. The Labute approximate surface area is 115 Å². The van der Waals surface area contributed by atoms with Crippen LogP contribution in [0.1, 0.15) is 26.3 Å². The van der Waals surface area contributed by atoms with E-state index in [0.717, 1.165) is 12.2 Å². The van der Waals surface area contributed by atoms with Gasteiger partial charge in [0.15, 0.2) is 0 Å². The lowest BCUT2D eigenvalue weighted by atomic mass is 9.98. The molecule has 108 valence electrons. The smallest absolute Gasteiger partial charge is 0.238 e. The van der Waals surface area contributed by atoms with E-state index in [2.05, 4.69) is 26.1 Å². The molecule has 1 aromatic rings. The van der Waals surface area contributed by atoms with Crippen LogP contribution < -0.4 is 16.2 Å². The number of nitrogens with one attached hydrogen (secondary N) is 1. The Balaban J connectivity index is 3.06. The van der Waals surface area contributed by atoms with Gasteiger partial charge in [-0.15, -0.1) is 0 Å². The third-order valence-corrected chi connectivity index (χ3v) is 4.48. The molecule has 0 aliphatic rings. The molecule has 1 rings (SSSR count). The molecule has 0 aliphatic heterocycles. The monoisotopic (exact) mass is 285 g/mol. The second-order valence-corrected chi connectivity index (χ2v) is 6.87. The number of primary sulfonamides is 1. The molecule has 0 aliphatic carbocycles. The van der Waals surface area contributed by atoms with Crippen LogP contribution in [-0.4, -0.2) is 15.0 Å². The third-order valence-electron chi connectivity index (χ3n) is 3.44. The van der Waals surface area contributed by atoms with Gasteiger partial charge in [0.1, 0.15) is 0 Å². The molecule has 5 N–H and O–H groups in total. The lowest BCUT2D eigenvalue weighted by Crippen LogP contribution is -2.19. The SMILES string of the molecule is Cc1c(NCC(C)C(C)C)cc(N)cc1S(N)(=O)=O. The quantitative estimate of drug-likeness (QED) is 0.720. The first-order chi connectivity index (χ1) is 8.62. The van der Waals surface area contributed by atoms with Crippen molar-refractivity contribution in [3.05, 3.63) is 17.7 Å². The summed E-state index contributed by atoms with van der Waals surface area (Å²) >= 11 is 0. The van der Waals surface area contributed by atoms with E-state index in [9.17, 15) is 8.42 Å². The molecule has 0 fully saturated rings. The van der Waals surface area contributed by atoms with Gasteiger partial charge < -0.3 is 11.1 Å².